The maximum atomic E-state index is 13.5. The third kappa shape index (κ3) is 2.66. The number of amides is 1. The quantitative estimate of drug-likeness (QED) is 0.852. The fourth-order valence-electron chi connectivity index (χ4n) is 4.50. The van der Waals surface area contributed by atoms with Crippen molar-refractivity contribution in [3.05, 3.63) is 29.3 Å². The molecule has 0 saturated carbocycles. The Kier molecular flexibility index (Phi) is 4.71. The lowest BCUT2D eigenvalue weighted by Crippen LogP contribution is -2.57. The van der Waals surface area contributed by atoms with E-state index >= 15 is 0 Å². The molecule has 1 aromatic carbocycles. The Balaban J connectivity index is 1.91. The topological polar surface area (TPSA) is 26.8 Å². The van der Waals surface area contributed by atoms with Crippen LogP contribution in [-0.2, 0) is 4.79 Å². The second kappa shape index (κ2) is 6.49. The van der Waals surface area contributed by atoms with Gasteiger partial charge in [-0.25, -0.2) is 0 Å². The van der Waals surface area contributed by atoms with Gasteiger partial charge in [0.2, 0.25) is 5.91 Å². The van der Waals surface area contributed by atoms with E-state index in [0.717, 1.165) is 44.8 Å². The first kappa shape index (κ1) is 17.4. The first-order chi connectivity index (χ1) is 11.4. The third-order valence-electron chi connectivity index (χ3n) is 6.01. The second-order valence-corrected chi connectivity index (χ2v) is 7.63. The molecule has 0 atom stereocenters. The Hall–Kier alpha value is -1.39. The average molecular weight is 329 g/mol. The van der Waals surface area contributed by atoms with Crippen LogP contribution in [0.15, 0.2) is 18.2 Å². The average Bonchev–Trinajstić information content (AvgIpc) is 2.81. The van der Waals surface area contributed by atoms with E-state index in [2.05, 4.69) is 62.6 Å². The fraction of sp³-hybridized carbons (Fsp3) is 0.650. The van der Waals surface area contributed by atoms with Crippen molar-refractivity contribution in [2.45, 2.75) is 59.0 Å². The van der Waals surface area contributed by atoms with Crippen LogP contribution in [0.2, 0.25) is 0 Å². The predicted molar refractivity (Wildman–Crippen MR) is 99.3 cm³/mol. The summed E-state index contributed by atoms with van der Waals surface area (Å²) in [6.45, 7) is 14.6. The normalized spacial score (nSPS) is 22.1. The minimum Gasteiger partial charge on any atom is -0.301 e. The summed E-state index contributed by atoms with van der Waals surface area (Å²) in [6, 6.07) is 6.85. The van der Waals surface area contributed by atoms with Gasteiger partial charge in [-0.15, -0.1) is 0 Å². The first-order valence-electron chi connectivity index (χ1n) is 9.28. The van der Waals surface area contributed by atoms with Gasteiger partial charge in [0.05, 0.1) is 12.4 Å². The molecular weight excluding hydrogens is 298 g/mol. The minimum atomic E-state index is -0.297. The smallest absolute Gasteiger partial charge is 0.248 e. The summed E-state index contributed by atoms with van der Waals surface area (Å²) in [5.74, 6) is 0.310. The molecule has 4 nitrogen and oxygen atoms in total. The SMILES string of the molecule is CCN1CN(c2c(C)cccc2C)C(=O)C12CCN(C(C)C)CC2. The molecule has 2 heterocycles. The number of carbonyl (C=O) groups excluding carboxylic acids is 1. The van der Waals surface area contributed by atoms with Gasteiger partial charge < -0.3 is 4.90 Å². The van der Waals surface area contributed by atoms with Crippen LogP contribution in [-0.4, -0.2) is 53.6 Å². The van der Waals surface area contributed by atoms with Gasteiger partial charge in [-0.1, -0.05) is 25.1 Å². The van der Waals surface area contributed by atoms with E-state index in [0.29, 0.717) is 11.9 Å². The van der Waals surface area contributed by atoms with Crippen LogP contribution in [0.5, 0.6) is 0 Å². The molecule has 2 fully saturated rings. The number of nitrogens with zero attached hydrogens (tertiary/aromatic N) is 3. The van der Waals surface area contributed by atoms with Gasteiger partial charge >= 0.3 is 0 Å². The molecule has 4 heteroatoms. The van der Waals surface area contributed by atoms with E-state index in [1.165, 1.54) is 11.1 Å². The number of hydrogen-bond donors (Lipinski definition) is 0. The Morgan fingerprint density at radius 3 is 2.21 bits per heavy atom. The molecule has 2 saturated heterocycles. The Bertz CT molecular complexity index is 597. The molecule has 1 amide bonds. The lowest BCUT2D eigenvalue weighted by molar-refractivity contribution is -0.127. The van der Waals surface area contributed by atoms with Crippen molar-refractivity contribution in [2.75, 3.05) is 31.2 Å². The molecule has 24 heavy (non-hydrogen) atoms. The van der Waals surface area contributed by atoms with Gasteiger partial charge in [-0.3, -0.25) is 14.6 Å². The molecule has 1 spiro atoms. The Morgan fingerprint density at radius 1 is 1.12 bits per heavy atom. The number of rotatable bonds is 3. The van der Waals surface area contributed by atoms with Crippen molar-refractivity contribution < 1.29 is 4.79 Å². The van der Waals surface area contributed by atoms with E-state index < -0.39 is 0 Å². The first-order valence-corrected chi connectivity index (χ1v) is 9.28. The largest absolute Gasteiger partial charge is 0.301 e. The highest BCUT2D eigenvalue weighted by Crippen LogP contribution is 2.40. The molecule has 0 aromatic heterocycles. The number of aryl methyl sites for hydroxylation is 2. The fourth-order valence-corrected chi connectivity index (χ4v) is 4.50. The van der Waals surface area contributed by atoms with Crippen molar-refractivity contribution in [2.24, 2.45) is 0 Å². The lowest BCUT2D eigenvalue weighted by atomic mass is 9.85. The lowest BCUT2D eigenvalue weighted by Gasteiger charge is -2.43. The Labute approximate surface area is 146 Å². The number of para-hydroxylation sites is 1. The van der Waals surface area contributed by atoms with Crippen LogP contribution in [0, 0.1) is 13.8 Å². The zero-order valence-electron chi connectivity index (χ0n) is 15.8. The van der Waals surface area contributed by atoms with Crippen molar-refractivity contribution in [1.82, 2.24) is 9.80 Å². The van der Waals surface area contributed by atoms with Crippen LogP contribution in [0.4, 0.5) is 5.69 Å². The molecule has 0 aliphatic carbocycles. The molecule has 132 valence electrons. The van der Waals surface area contributed by atoms with Crippen molar-refractivity contribution in [3.63, 3.8) is 0 Å². The zero-order valence-corrected chi connectivity index (χ0v) is 15.8. The summed E-state index contributed by atoms with van der Waals surface area (Å²) < 4.78 is 0. The molecule has 0 N–H and O–H groups in total. The highest BCUT2D eigenvalue weighted by molar-refractivity contribution is 6.03. The number of likely N-dealkylation sites (N-methyl/N-ethyl adjacent to an activating group) is 1. The summed E-state index contributed by atoms with van der Waals surface area (Å²) in [5, 5.41) is 0. The number of carbonyl (C=O) groups is 1. The third-order valence-corrected chi connectivity index (χ3v) is 6.01. The van der Waals surface area contributed by atoms with Gasteiger partial charge in [0, 0.05) is 19.1 Å². The molecule has 0 unspecified atom stereocenters. The minimum absolute atomic E-state index is 0.297. The molecule has 0 radical (unpaired) electrons. The van der Waals surface area contributed by atoms with Crippen LogP contribution in [0.1, 0.15) is 44.7 Å². The summed E-state index contributed by atoms with van der Waals surface area (Å²) >= 11 is 0. The van der Waals surface area contributed by atoms with Gasteiger partial charge in [-0.05, 0) is 58.2 Å². The van der Waals surface area contributed by atoms with Crippen molar-refractivity contribution in [1.29, 1.82) is 0 Å². The number of anilines is 1. The van der Waals surface area contributed by atoms with Crippen LogP contribution in [0.25, 0.3) is 0 Å². The van der Waals surface area contributed by atoms with Crippen molar-refractivity contribution >= 4 is 11.6 Å². The number of hydrogen-bond acceptors (Lipinski definition) is 3. The molecule has 2 aliphatic rings. The second-order valence-electron chi connectivity index (χ2n) is 7.63. The van der Waals surface area contributed by atoms with E-state index in [1.54, 1.807) is 0 Å². The van der Waals surface area contributed by atoms with Crippen LogP contribution in [0.3, 0.4) is 0 Å². The van der Waals surface area contributed by atoms with E-state index in [-0.39, 0.29) is 5.54 Å². The number of piperidine rings is 1. The summed E-state index contributed by atoms with van der Waals surface area (Å²) in [4.78, 5) is 20.4. The van der Waals surface area contributed by atoms with E-state index in [4.69, 9.17) is 0 Å². The molecule has 0 bridgehead atoms. The molecule has 1 aromatic rings. The monoisotopic (exact) mass is 329 g/mol. The summed E-state index contributed by atoms with van der Waals surface area (Å²) in [6.07, 6.45) is 1.89. The van der Waals surface area contributed by atoms with Crippen LogP contribution < -0.4 is 4.90 Å². The summed E-state index contributed by atoms with van der Waals surface area (Å²) in [7, 11) is 0. The van der Waals surface area contributed by atoms with Gasteiger partial charge in [0.15, 0.2) is 0 Å². The Morgan fingerprint density at radius 2 is 1.71 bits per heavy atom. The maximum Gasteiger partial charge on any atom is 0.248 e. The molecule has 3 rings (SSSR count). The highest BCUT2D eigenvalue weighted by Gasteiger charge is 2.53. The molecular formula is C20H31N3O. The van der Waals surface area contributed by atoms with E-state index in [1.807, 2.05) is 4.90 Å². The van der Waals surface area contributed by atoms with Crippen molar-refractivity contribution in [3.8, 4) is 0 Å². The standard InChI is InChI=1S/C20H31N3O/c1-6-22-14-23(18-16(4)8-7-9-17(18)5)19(24)20(22)10-12-21(13-11-20)15(2)3/h7-9,15H,6,10-14H2,1-5H3. The van der Waals surface area contributed by atoms with Crippen LogP contribution >= 0.6 is 0 Å². The maximum absolute atomic E-state index is 13.5. The highest BCUT2D eigenvalue weighted by atomic mass is 16.2. The number of likely N-dealkylation sites (tertiary alicyclic amines) is 1. The summed E-state index contributed by atoms with van der Waals surface area (Å²) in [5.41, 5.74) is 3.20. The van der Waals surface area contributed by atoms with E-state index in [9.17, 15) is 4.79 Å². The zero-order chi connectivity index (χ0) is 17.5. The van der Waals surface area contributed by atoms with Gasteiger partial charge in [0.1, 0.15) is 5.54 Å². The molecule has 2 aliphatic heterocycles. The predicted octanol–water partition coefficient (Wildman–Crippen LogP) is 3.17. The van der Waals surface area contributed by atoms with Gasteiger partial charge in [0.25, 0.3) is 0 Å². The number of benzene rings is 1. The van der Waals surface area contributed by atoms with Gasteiger partial charge in [-0.2, -0.15) is 0 Å².